The zero-order chi connectivity index (χ0) is 30.3. The molecule has 0 saturated carbocycles. The number of hydrogen-bond donors (Lipinski definition) is 0. The molecule has 0 aliphatic carbocycles. The van der Waals surface area contributed by atoms with E-state index in [0.717, 1.165) is 88.5 Å². The van der Waals surface area contributed by atoms with Gasteiger partial charge in [-0.1, -0.05) is 116 Å². The van der Waals surface area contributed by atoms with Gasteiger partial charge in [-0.15, -0.1) is 0 Å². The molecule has 0 amide bonds. The van der Waals surface area contributed by atoms with Crippen LogP contribution in [0.15, 0.2) is 161 Å². The van der Waals surface area contributed by atoms with E-state index in [9.17, 15) is 0 Å². The number of rotatable bonds is 6. The molecule has 3 nitrogen and oxygen atoms in total. The third kappa shape index (κ3) is 4.66. The van der Waals surface area contributed by atoms with E-state index < -0.39 is 0 Å². The second-order valence-corrected chi connectivity index (χ2v) is 11.2. The van der Waals surface area contributed by atoms with Crippen LogP contribution in [0.5, 0.6) is 0 Å². The first-order valence-electron chi connectivity index (χ1n) is 15.1. The number of nitrogens with zero attached hydrogens (tertiary/aromatic N) is 1. The summed E-state index contributed by atoms with van der Waals surface area (Å²) in [6.07, 6.45) is 8.26. The highest BCUT2D eigenvalue weighted by Gasteiger charge is 2.14. The summed E-state index contributed by atoms with van der Waals surface area (Å²) in [5.41, 5.74) is 11.7. The van der Waals surface area contributed by atoms with E-state index in [1.807, 2.05) is 42.6 Å². The molecule has 0 unspecified atom stereocenters. The second kappa shape index (κ2) is 11.0. The number of furan rings is 2. The summed E-state index contributed by atoms with van der Waals surface area (Å²) < 4.78 is 12.5. The minimum atomic E-state index is 0.864. The summed E-state index contributed by atoms with van der Waals surface area (Å²) in [5.74, 6) is 0. The fraction of sp³-hybridized carbons (Fsp3) is 0.0238. The van der Waals surface area contributed by atoms with E-state index in [0.29, 0.717) is 0 Å². The van der Waals surface area contributed by atoms with Crippen LogP contribution in [0.4, 0.5) is 0 Å². The van der Waals surface area contributed by atoms with Gasteiger partial charge < -0.3 is 8.83 Å². The predicted molar refractivity (Wildman–Crippen MR) is 188 cm³/mol. The van der Waals surface area contributed by atoms with Crippen molar-refractivity contribution < 1.29 is 8.83 Å². The van der Waals surface area contributed by atoms with Crippen molar-refractivity contribution in [3.8, 4) is 22.4 Å². The van der Waals surface area contributed by atoms with E-state index in [2.05, 4.69) is 117 Å². The van der Waals surface area contributed by atoms with Gasteiger partial charge in [0.05, 0.1) is 5.69 Å². The molecule has 0 saturated heterocycles. The molecule has 3 heteroatoms. The maximum Gasteiger partial charge on any atom is 0.144 e. The van der Waals surface area contributed by atoms with Crippen LogP contribution in [-0.4, -0.2) is 4.98 Å². The van der Waals surface area contributed by atoms with Crippen molar-refractivity contribution in [1.82, 2.24) is 4.98 Å². The average Bonchev–Trinajstić information content (AvgIpc) is 3.67. The van der Waals surface area contributed by atoms with E-state index in [4.69, 9.17) is 13.8 Å². The van der Waals surface area contributed by atoms with Gasteiger partial charge in [0, 0.05) is 44.4 Å². The molecule has 0 fully saturated rings. The lowest BCUT2D eigenvalue weighted by Gasteiger charge is -2.08. The molecule has 214 valence electrons. The molecular formula is C42H29NO2. The summed E-state index contributed by atoms with van der Waals surface area (Å²) in [5, 5.41) is 4.44. The predicted octanol–water partition coefficient (Wildman–Crippen LogP) is 11.9. The number of benzene rings is 5. The van der Waals surface area contributed by atoms with Crippen LogP contribution < -0.4 is 0 Å². The lowest BCUT2D eigenvalue weighted by Crippen LogP contribution is -1.88. The van der Waals surface area contributed by atoms with Crippen molar-refractivity contribution >= 4 is 55.0 Å². The van der Waals surface area contributed by atoms with Crippen molar-refractivity contribution in [3.05, 3.63) is 163 Å². The molecule has 5 aromatic carbocycles. The van der Waals surface area contributed by atoms with E-state index in [-0.39, 0.29) is 0 Å². The van der Waals surface area contributed by atoms with E-state index in [1.54, 1.807) is 0 Å². The van der Waals surface area contributed by atoms with Crippen LogP contribution in [0, 0.1) is 0 Å². The number of hydrogen-bond acceptors (Lipinski definition) is 3. The fourth-order valence-corrected chi connectivity index (χ4v) is 6.19. The van der Waals surface area contributed by atoms with Gasteiger partial charge in [0.15, 0.2) is 0 Å². The quantitative estimate of drug-likeness (QED) is 0.184. The first-order valence-corrected chi connectivity index (χ1v) is 15.1. The Bertz CT molecular complexity index is 2450. The van der Waals surface area contributed by atoms with Crippen molar-refractivity contribution in [1.29, 1.82) is 0 Å². The van der Waals surface area contributed by atoms with Crippen LogP contribution in [0.1, 0.15) is 18.1 Å². The van der Waals surface area contributed by atoms with Crippen LogP contribution in [0.3, 0.4) is 0 Å². The van der Waals surface area contributed by atoms with Crippen molar-refractivity contribution in [2.75, 3.05) is 0 Å². The summed E-state index contributed by atoms with van der Waals surface area (Å²) >= 11 is 0. The van der Waals surface area contributed by atoms with Crippen LogP contribution >= 0.6 is 0 Å². The number of fused-ring (bicyclic) bond motifs is 6. The lowest BCUT2D eigenvalue weighted by atomic mass is 9.97. The molecule has 3 aromatic heterocycles. The Labute approximate surface area is 261 Å². The van der Waals surface area contributed by atoms with Gasteiger partial charge >= 0.3 is 0 Å². The van der Waals surface area contributed by atoms with Crippen LogP contribution in [0.2, 0.25) is 0 Å². The molecule has 45 heavy (non-hydrogen) atoms. The molecule has 0 atom stereocenters. The smallest absolute Gasteiger partial charge is 0.144 e. The molecule has 3 heterocycles. The highest BCUT2D eigenvalue weighted by molar-refractivity contribution is 6.10. The second-order valence-electron chi connectivity index (χ2n) is 11.2. The Morgan fingerprint density at radius 3 is 2.02 bits per heavy atom. The third-order valence-electron chi connectivity index (χ3n) is 8.50. The molecular weight excluding hydrogens is 550 g/mol. The van der Waals surface area contributed by atoms with Gasteiger partial charge in [-0.05, 0) is 59.5 Å². The van der Waals surface area contributed by atoms with Crippen LogP contribution in [-0.2, 0) is 0 Å². The molecule has 0 N–H and O–H groups in total. The number of pyridine rings is 1. The van der Waals surface area contributed by atoms with Crippen molar-refractivity contribution in [2.45, 2.75) is 6.92 Å². The van der Waals surface area contributed by atoms with Gasteiger partial charge in [0.1, 0.15) is 22.3 Å². The molecule has 0 radical (unpaired) electrons. The van der Waals surface area contributed by atoms with Gasteiger partial charge in [0.25, 0.3) is 0 Å². The first kappa shape index (κ1) is 26.7. The maximum absolute atomic E-state index is 6.25. The van der Waals surface area contributed by atoms with Gasteiger partial charge in [-0.3, -0.25) is 4.98 Å². The van der Waals surface area contributed by atoms with E-state index >= 15 is 0 Å². The average molecular weight is 580 g/mol. The van der Waals surface area contributed by atoms with Crippen molar-refractivity contribution in [3.63, 3.8) is 0 Å². The minimum Gasteiger partial charge on any atom is -0.455 e. The monoisotopic (exact) mass is 579 g/mol. The van der Waals surface area contributed by atoms with Gasteiger partial charge in [-0.2, -0.15) is 0 Å². The highest BCUT2D eigenvalue weighted by Crippen LogP contribution is 2.36. The Hall–Kier alpha value is -5.93. The molecule has 0 aliphatic heterocycles. The van der Waals surface area contributed by atoms with Gasteiger partial charge in [-0.25, -0.2) is 0 Å². The standard InChI is InChI=1S/C42H29NO2/c1-3-28(22-21-27(2)32-15-9-16-35-33-13-4-6-19-39(33)44-41(32)35)29-11-8-12-30(25-29)31-23-24-38(43-26-31)37-18-10-17-36-34-14-5-7-20-40(34)45-42(36)37/h3-26H,2H2,1H3/b22-21-,28-3+. The van der Waals surface area contributed by atoms with Gasteiger partial charge in [0.2, 0.25) is 0 Å². The molecule has 0 spiro atoms. The SMILES string of the molecule is C=C(/C=C\C(=C/C)c1cccc(-c2ccc(-c3cccc4c3oc3ccccc34)nc2)c1)c1cccc2c1oc1ccccc12. The summed E-state index contributed by atoms with van der Waals surface area (Å²) in [7, 11) is 0. The molecule has 0 bridgehead atoms. The summed E-state index contributed by atoms with van der Waals surface area (Å²) in [6.45, 7) is 6.45. The Kier molecular flexibility index (Phi) is 6.50. The Balaban J connectivity index is 1.07. The minimum absolute atomic E-state index is 0.864. The molecule has 8 aromatic rings. The Morgan fingerprint density at radius 2 is 1.29 bits per heavy atom. The molecule has 8 rings (SSSR count). The number of aromatic nitrogens is 1. The fourth-order valence-electron chi connectivity index (χ4n) is 6.19. The maximum atomic E-state index is 6.25. The van der Waals surface area contributed by atoms with Crippen molar-refractivity contribution in [2.24, 2.45) is 0 Å². The first-order chi connectivity index (χ1) is 22.2. The third-order valence-corrected chi connectivity index (χ3v) is 8.50. The summed E-state index contributed by atoms with van der Waals surface area (Å²) in [6, 6.07) is 41.5. The molecule has 0 aliphatic rings. The lowest BCUT2D eigenvalue weighted by molar-refractivity contribution is 0.667. The largest absolute Gasteiger partial charge is 0.455 e. The number of allylic oxidation sites excluding steroid dienone is 5. The van der Waals surface area contributed by atoms with E-state index in [1.165, 1.54) is 0 Å². The normalized spacial score (nSPS) is 12.2. The van der Waals surface area contributed by atoms with Crippen LogP contribution in [0.25, 0.3) is 77.4 Å². The Morgan fingerprint density at radius 1 is 0.622 bits per heavy atom. The zero-order valence-corrected chi connectivity index (χ0v) is 24.8. The highest BCUT2D eigenvalue weighted by atomic mass is 16.3. The number of para-hydroxylation sites is 4. The zero-order valence-electron chi connectivity index (χ0n) is 24.8. The topological polar surface area (TPSA) is 39.2 Å². The summed E-state index contributed by atoms with van der Waals surface area (Å²) in [4.78, 5) is 4.86.